The topological polar surface area (TPSA) is 55.1 Å². The molecule has 3 rings (SSSR count). The number of nitrogens with zero attached hydrogens (tertiary/aromatic N) is 1. The first-order valence-corrected chi connectivity index (χ1v) is 6.24. The van der Waals surface area contributed by atoms with Crippen LogP contribution in [0.15, 0.2) is 40.9 Å². The molecule has 7 heteroatoms. The van der Waals surface area contributed by atoms with Crippen molar-refractivity contribution in [2.24, 2.45) is 0 Å². The fraction of sp³-hybridized carbons (Fsp3) is 0. The van der Waals surface area contributed by atoms with Crippen LogP contribution in [-0.2, 0) is 0 Å². The SMILES string of the molecule is O=C(Nc1noc2cc(Cl)ccc12)c1ccc(F)c(F)c1. The maximum Gasteiger partial charge on any atom is 0.257 e. The summed E-state index contributed by atoms with van der Waals surface area (Å²) in [6.45, 7) is 0. The van der Waals surface area contributed by atoms with Crippen LogP contribution in [0.1, 0.15) is 10.4 Å². The summed E-state index contributed by atoms with van der Waals surface area (Å²) in [7, 11) is 0. The summed E-state index contributed by atoms with van der Waals surface area (Å²) in [5.41, 5.74) is 0.377. The zero-order valence-corrected chi connectivity index (χ0v) is 11.1. The number of carbonyl (C=O) groups is 1. The third kappa shape index (κ3) is 2.57. The number of rotatable bonds is 2. The standard InChI is InChI=1S/C14H7ClF2N2O2/c15-8-2-3-9-12(6-8)21-19-13(9)18-14(20)7-1-4-10(16)11(17)5-7/h1-6H,(H,18,19,20). The largest absolute Gasteiger partial charge is 0.354 e. The van der Waals surface area contributed by atoms with Gasteiger partial charge in [-0.05, 0) is 30.3 Å². The number of hydrogen-bond donors (Lipinski definition) is 1. The summed E-state index contributed by atoms with van der Waals surface area (Å²) >= 11 is 5.81. The zero-order valence-electron chi connectivity index (χ0n) is 10.4. The van der Waals surface area contributed by atoms with Crippen molar-refractivity contribution in [3.63, 3.8) is 0 Å². The molecule has 1 heterocycles. The molecule has 4 nitrogen and oxygen atoms in total. The lowest BCUT2D eigenvalue weighted by molar-refractivity contribution is 0.102. The molecule has 2 aromatic carbocycles. The number of aromatic nitrogens is 1. The van der Waals surface area contributed by atoms with Gasteiger partial charge in [-0.15, -0.1) is 0 Å². The molecular formula is C14H7ClF2N2O2. The van der Waals surface area contributed by atoms with Gasteiger partial charge in [0.25, 0.3) is 5.91 Å². The summed E-state index contributed by atoms with van der Waals surface area (Å²) in [6, 6.07) is 7.67. The molecule has 1 aromatic heterocycles. The predicted molar refractivity (Wildman–Crippen MR) is 73.3 cm³/mol. The Morgan fingerprint density at radius 3 is 2.71 bits per heavy atom. The van der Waals surface area contributed by atoms with Crippen molar-refractivity contribution in [2.45, 2.75) is 0 Å². The minimum Gasteiger partial charge on any atom is -0.354 e. The summed E-state index contributed by atoms with van der Waals surface area (Å²) in [6.07, 6.45) is 0. The van der Waals surface area contributed by atoms with Gasteiger partial charge in [-0.2, -0.15) is 0 Å². The van der Waals surface area contributed by atoms with Crippen LogP contribution in [0.4, 0.5) is 14.6 Å². The van der Waals surface area contributed by atoms with Gasteiger partial charge in [0.2, 0.25) is 0 Å². The average Bonchev–Trinajstić information content (AvgIpc) is 2.84. The Morgan fingerprint density at radius 1 is 1.14 bits per heavy atom. The van der Waals surface area contributed by atoms with Gasteiger partial charge in [0.1, 0.15) is 0 Å². The van der Waals surface area contributed by atoms with Crippen molar-refractivity contribution in [2.75, 3.05) is 5.32 Å². The van der Waals surface area contributed by atoms with Crippen molar-refractivity contribution in [1.29, 1.82) is 0 Å². The maximum absolute atomic E-state index is 13.1. The van der Waals surface area contributed by atoms with Crippen LogP contribution < -0.4 is 5.32 Å². The van der Waals surface area contributed by atoms with E-state index in [9.17, 15) is 13.6 Å². The smallest absolute Gasteiger partial charge is 0.257 e. The molecule has 0 unspecified atom stereocenters. The van der Waals surface area contributed by atoms with E-state index in [2.05, 4.69) is 10.5 Å². The minimum absolute atomic E-state index is 0.0287. The van der Waals surface area contributed by atoms with Crippen molar-refractivity contribution >= 4 is 34.3 Å². The molecule has 0 aliphatic rings. The maximum atomic E-state index is 13.1. The Labute approximate surface area is 122 Å². The number of amides is 1. The van der Waals surface area contributed by atoms with Crippen LogP contribution in [-0.4, -0.2) is 11.1 Å². The number of nitrogens with one attached hydrogen (secondary N) is 1. The van der Waals surface area contributed by atoms with Crippen LogP contribution in [0, 0.1) is 11.6 Å². The zero-order chi connectivity index (χ0) is 15.0. The van der Waals surface area contributed by atoms with Crippen molar-refractivity contribution in [3.8, 4) is 0 Å². The highest BCUT2D eigenvalue weighted by atomic mass is 35.5. The van der Waals surface area contributed by atoms with Gasteiger partial charge in [0, 0.05) is 16.7 Å². The lowest BCUT2D eigenvalue weighted by Crippen LogP contribution is -2.12. The lowest BCUT2D eigenvalue weighted by Gasteiger charge is -2.02. The fourth-order valence-corrected chi connectivity index (χ4v) is 1.98. The lowest BCUT2D eigenvalue weighted by atomic mass is 10.2. The highest BCUT2D eigenvalue weighted by Gasteiger charge is 2.14. The van der Waals surface area contributed by atoms with Gasteiger partial charge >= 0.3 is 0 Å². The molecule has 106 valence electrons. The van der Waals surface area contributed by atoms with E-state index in [1.165, 1.54) is 6.07 Å². The molecule has 0 radical (unpaired) electrons. The summed E-state index contributed by atoms with van der Waals surface area (Å²) in [5.74, 6) is -2.57. The minimum atomic E-state index is -1.10. The van der Waals surface area contributed by atoms with Gasteiger partial charge < -0.3 is 9.84 Å². The van der Waals surface area contributed by atoms with Crippen LogP contribution in [0.2, 0.25) is 5.02 Å². The van der Waals surface area contributed by atoms with Gasteiger partial charge in [-0.1, -0.05) is 16.8 Å². The first kappa shape index (κ1) is 13.5. The van der Waals surface area contributed by atoms with Crippen molar-refractivity contribution in [3.05, 3.63) is 58.6 Å². The number of halogens is 3. The van der Waals surface area contributed by atoms with Gasteiger partial charge in [0.15, 0.2) is 23.0 Å². The molecule has 1 N–H and O–H groups in total. The Balaban J connectivity index is 1.91. The molecule has 0 saturated heterocycles. The first-order valence-electron chi connectivity index (χ1n) is 5.86. The molecule has 0 atom stereocenters. The monoisotopic (exact) mass is 308 g/mol. The number of fused-ring (bicyclic) bond motifs is 1. The van der Waals surface area contributed by atoms with Crippen LogP contribution in [0.25, 0.3) is 11.0 Å². The molecule has 21 heavy (non-hydrogen) atoms. The molecule has 0 spiro atoms. The first-order chi connectivity index (χ1) is 10.0. The molecule has 0 bridgehead atoms. The van der Waals surface area contributed by atoms with Crippen LogP contribution in [0.5, 0.6) is 0 Å². The van der Waals surface area contributed by atoms with Crippen LogP contribution in [0.3, 0.4) is 0 Å². The highest BCUT2D eigenvalue weighted by molar-refractivity contribution is 6.31. The highest BCUT2D eigenvalue weighted by Crippen LogP contribution is 2.26. The second-order valence-electron chi connectivity index (χ2n) is 4.25. The number of hydrogen-bond acceptors (Lipinski definition) is 3. The van der Waals surface area contributed by atoms with E-state index < -0.39 is 17.5 Å². The van der Waals surface area contributed by atoms with E-state index in [1.807, 2.05) is 0 Å². The molecule has 0 saturated carbocycles. The summed E-state index contributed by atoms with van der Waals surface area (Å²) in [4.78, 5) is 12.0. The Bertz CT molecular complexity index is 848. The molecule has 3 aromatic rings. The second kappa shape index (κ2) is 5.14. The van der Waals surface area contributed by atoms with E-state index in [0.29, 0.717) is 16.0 Å². The van der Waals surface area contributed by atoms with Gasteiger partial charge in [-0.3, -0.25) is 4.79 Å². The Morgan fingerprint density at radius 2 is 1.95 bits per heavy atom. The number of benzene rings is 2. The summed E-state index contributed by atoms with van der Waals surface area (Å²) in [5, 5.41) is 7.20. The average molecular weight is 309 g/mol. The molecule has 0 fully saturated rings. The normalized spacial score (nSPS) is 10.8. The Kier molecular flexibility index (Phi) is 3.31. The fourth-order valence-electron chi connectivity index (χ4n) is 1.82. The molecule has 1 amide bonds. The third-order valence-electron chi connectivity index (χ3n) is 2.85. The summed E-state index contributed by atoms with van der Waals surface area (Å²) < 4.78 is 31.0. The van der Waals surface area contributed by atoms with E-state index in [1.54, 1.807) is 18.2 Å². The quantitative estimate of drug-likeness (QED) is 0.778. The Hall–Kier alpha value is -2.47. The van der Waals surface area contributed by atoms with Crippen molar-refractivity contribution in [1.82, 2.24) is 5.16 Å². The second-order valence-corrected chi connectivity index (χ2v) is 4.69. The molecule has 0 aliphatic heterocycles. The number of carbonyl (C=O) groups excluding carboxylic acids is 1. The van der Waals surface area contributed by atoms with Crippen LogP contribution >= 0.6 is 11.6 Å². The predicted octanol–water partition coefficient (Wildman–Crippen LogP) is 4.01. The van der Waals surface area contributed by atoms with E-state index in [-0.39, 0.29) is 11.4 Å². The number of anilines is 1. The molecule has 0 aliphatic carbocycles. The van der Waals surface area contributed by atoms with E-state index in [4.69, 9.17) is 16.1 Å². The van der Waals surface area contributed by atoms with E-state index in [0.717, 1.165) is 12.1 Å². The molecular weight excluding hydrogens is 302 g/mol. The van der Waals surface area contributed by atoms with Crippen molar-refractivity contribution < 1.29 is 18.1 Å². The van der Waals surface area contributed by atoms with Gasteiger partial charge in [0.05, 0.1) is 5.39 Å². The van der Waals surface area contributed by atoms with Gasteiger partial charge in [-0.25, -0.2) is 8.78 Å². The van der Waals surface area contributed by atoms with E-state index >= 15 is 0 Å². The third-order valence-corrected chi connectivity index (χ3v) is 3.08.